The summed E-state index contributed by atoms with van der Waals surface area (Å²) in [6.45, 7) is 1.77. The molecule has 158 valence electrons. The van der Waals surface area contributed by atoms with E-state index in [1.165, 1.54) is 29.2 Å². The van der Waals surface area contributed by atoms with E-state index in [4.69, 9.17) is 4.74 Å². The Morgan fingerprint density at radius 2 is 2.03 bits per heavy atom. The van der Waals surface area contributed by atoms with Crippen LogP contribution < -0.4 is 5.32 Å². The SMILES string of the molecule is CCN(Cc1cccc(F)c1)C(=O)COC(=O)c1ccc(NC2CC2)c([N+](=O)[O-])c1. The summed E-state index contributed by atoms with van der Waals surface area (Å²) in [5.41, 5.74) is 0.737. The number of ether oxygens (including phenoxy) is 1. The van der Waals surface area contributed by atoms with Gasteiger partial charge in [0.05, 0.1) is 10.5 Å². The normalized spacial score (nSPS) is 12.9. The first-order chi connectivity index (χ1) is 14.4. The number of halogens is 1. The molecule has 2 aromatic carbocycles. The fourth-order valence-electron chi connectivity index (χ4n) is 2.91. The molecule has 30 heavy (non-hydrogen) atoms. The first-order valence-electron chi connectivity index (χ1n) is 9.61. The first-order valence-corrected chi connectivity index (χ1v) is 9.61. The lowest BCUT2D eigenvalue weighted by Gasteiger charge is -2.21. The summed E-state index contributed by atoms with van der Waals surface area (Å²) < 4.78 is 18.4. The van der Waals surface area contributed by atoms with E-state index < -0.39 is 29.2 Å². The second-order valence-electron chi connectivity index (χ2n) is 7.02. The van der Waals surface area contributed by atoms with E-state index in [0.717, 1.165) is 18.9 Å². The number of likely N-dealkylation sites (N-methyl/N-ethyl adjacent to an activating group) is 1. The summed E-state index contributed by atoms with van der Waals surface area (Å²) in [6, 6.07) is 10.1. The topological polar surface area (TPSA) is 102 Å². The van der Waals surface area contributed by atoms with Gasteiger partial charge in [0.15, 0.2) is 6.61 Å². The van der Waals surface area contributed by atoms with Gasteiger partial charge in [-0.3, -0.25) is 14.9 Å². The van der Waals surface area contributed by atoms with Crippen LogP contribution in [0.5, 0.6) is 0 Å². The molecule has 1 fully saturated rings. The molecule has 0 aromatic heterocycles. The van der Waals surface area contributed by atoms with Crippen LogP contribution in [0.4, 0.5) is 15.8 Å². The number of amides is 1. The van der Waals surface area contributed by atoms with Crippen LogP contribution in [-0.2, 0) is 16.1 Å². The predicted octanol–water partition coefficient (Wildman–Crippen LogP) is 3.51. The van der Waals surface area contributed by atoms with E-state index in [-0.39, 0.29) is 23.8 Å². The van der Waals surface area contributed by atoms with Gasteiger partial charge in [-0.25, -0.2) is 9.18 Å². The van der Waals surface area contributed by atoms with Crippen LogP contribution in [0.25, 0.3) is 0 Å². The number of benzene rings is 2. The number of nitrogens with zero attached hydrogens (tertiary/aromatic N) is 2. The minimum Gasteiger partial charge on any atom is -0.452 e. The van der Waals surface area contributed by atoms with E-state index in [0.29, 0.717) is 17.8 Å². The van der Waals surface area contributed by atoms with Crippen molar-refractivity contribution in [3.63, 3.8) is 0 Å². The van der Waals surface area contributed by atoms with Crippen LogP contribution in [0, 0.1) is 15.9 Å². The van der Waals surface area contributed by atoms with Crippen LogP contribution in [0.15, 0.2) is 42.5 Å². The van der Waals surface area contributed by atoms with Gasteiger partial charge in [0.1, 0.15) is 11.5 Å². The third-order valence-electron chi connectivity index (χ3n) is 4.69. The Bertz CT molecular complexity index is 961. The number of carbonyl (C=O) groups is 2. The molecule has 0 spiro atoms. The summed E-state index contributed by atoms with van der Waals surface area (Å²) >= 11 is 0. The molecule has 0 bridgehead atoms. The van der Waals surface area contributed by atoms with Gasteiger partial charge < -0.3 is 15.0 Å². The van der Waals surface area contributed by atoms with Gasteiger partial charge in [0.25, 0.3) is 11.6 Å². The summed E-state index contributed by atoms with van der Waals surface area (Å²) in [6.07, 6.45) is 1.90. The second kappa shape index (κ2) is 9.34. The number of nitrogens with one attached hydrogen (secondary N) is 1. The Morgan fingerprint density at radius 3 is 2.67 bits per heavy atom. The molecular formula is C21H22FN3O5. The lowest BCUT2D eigenvalue weighted by atomic mass is 10.1. The molecule has 0 heterocycles. The van der Waals surface area contributed by atoms with Gasteiger partial charge in [-0.15, -0.1) is 0 Å². The Kier molecular flexibility index (Phi) is 6.61. The number of hydrogen-bond donors (Lipinski definition) is 1. The zero-order valence-corrected chi connectivity index (χ0v) is 16.5. The highest BCUT2D eigenvalue weighted by atomic mass is 19.1. The summed E-state index contributed by atoms with van der Waals surface area (Å²) in [5.74, 6) is -1.67. The monoisotopic (exact) mass is 415 g/mol. The van der Waals surface area contributed by atoms with Gasteiger partial charge in [-0.05, 0) is 49.6 Å². The highest BCUT2D eigenvalue weighted by Gasteiger charge is 2.26. The fraction of sp³-hybridized carbons (Fsp3) is 0.333. The Hall–Kier alpha value is -3.49. The number of anilines is 1. The summed E-state index contributed by atoms with van der Waals surface area (Å²) in [5, 5.41) is 14.4. The van der Waals surface area contributed by atoms with Crippen molar-refractivity contribution in [1.29, 1.82) is 0 Å². The van der Waals surface area contributed by atoms with E-state index in [1.54, 1.807) is 19.1 Å². The number of nitro benzene ring substituents is 1. The maximum absolute atomic E-state index is 13.3. The summed E-state index contributed by atoms with van der Waals surface area (Å²) in [4.78, 5) is 36.9. The third kappa shape index (κ3) is 5.53. The van der Waals surface area contributed by atoms with Crippen molar-refractivity contribution in [2.45, 2.75) is 32.4 Å². The molecule has 0 saturated heterocycles. The molecule has 1 aliphatic rings. The number of hydrogen-bond acceptors (Lipinski definition) is 6. The molecule has 9 heteroatoms. The highest BCUT2D eigenvalue weighted by molar-refractivity contribution is 5.93. The second-order valence-corrected chi connectivity index (χ2v) is 7.02. The highest BCUT2D eigenvalue weighted by Crippen LogP contribution is 2.31. The van der Waals surface area contributed by atoms with E-state index in [2.05, 4.69) is 5.32 Å². The van der Waals surface area contributed by atoms with Gasteiger partial charge in [0, 0.05) is 25.2 Å². The Balaban J connectivity index is 1.61. The molecule has 3 rings (SSSR count). The quantitative estimate of drug-likeness (QED) is 0.382. The van der Waals surface area contributed by atoms with Crippen LogP contribution in [-0.4, -0.2) is 40.9 Å². The predicted molar refractivity (Wildman–Crippen MR) is 108 cm³/mol. The number of nitro groups is 1. The molecular weight excluding hydrogens is 393 g/mol. The minimum atomic E-state index is -0.828. The van der Waals surface area contributed by atoms with E-state index in [1.807, 2.05) is 0 Å². The van der Waals surface area contributed by atoms with E-state index >= 15 is 0 Å². The standard InChI is InChI=1S/C21H22FN3O5/c1-2-24(12-14-4-3-5-16(22)10-14)20(26)13-30-21(27)15-6-9-18(23-17-7-8-17)19(11-15)25(28)29/h3-6,9-11,17,23H,2,7-8,12-13H2,1H3. The third-order valence-corrected chi connectivity index (χ3v) is 4.69. The molecule has 8 nitrogen and oxygen atoms in total. The van der Waals surface area contributed by atoms with Crippen LogP contribution in [0.1, 0.15) is 35.7 Å². The van der Waals surface area contributed by atoms with Crippen molar-refractivity contribution >= 4 is 23.3 Å². The molecule has 0 atom stereocenters. The minimum absolute atomic E-state index is 0.0102. The fourth-order valence-corrected chi connectivity index (χ4v) is 2.91. The number of carbonyl (C=O) groups excluding carboxylic acids is 2. The lowest BCUT2D eigenvalue weighted by Crippen LogP contribution is -2.34. The zero-order valence-electron chi connectivity index (χ0n) is 16.5. The van der Waals surface area contributed by atoms with E-state index in [9.17, 15) is 24.1 Å². The number of rotatable bonds is 9. The van der Waals surface area contributed by atoms with Crippen molar-refractivity contribution in [1.82, 2.24) is 4.90 Å². The largest absolute Gasteiger partial charge is 0.452 e. The molecule has 0 aliphatic heterocycles. The Labute approximate surface area is 172 Å². The van der Waals surface area contributed by atoms with Gasteiger partial charge in [-0.2, -0.15) is 0 Å². The van der Waals surface area contributed by atoms with Crippen molar-refractivity contribution in [3.8, 4) is 0 Å². The maximum atomic E-state index is 13.3. The smallest absolute Gasteiger partial charge is 0.338 e. The molecule has 0 unspecified atom stereocenters. The van der Waals surface area contributed by atoms with Crippen molar-refractivity contribution in [2.24, 2.45) is 0 Å². The molecule has 1 aliphatic carbocycles. The molecule has 1 N–H and O–H groups in total. The molecule has 1 saturated carbocycles. The van der Waals surface area contributed by atoms with Crippen LogP contribution in [0.2, 0.25) is 0 Å². The summed E-state index contributed by atoms with van der Waals surface area (Å²) in [7, 11) is 0. The molecule has 0 radical (unpaired) electrons. The Morgan fingerprint density at radius 1 is 1.27 bits per heavy atom. The van der Waals surface area contributed by atoms with Crippen molar-refractivity contribution < 1.29 is 23.6 Å². The average Bonchev–Trinajstić information content (AvgIpc) is 3.54. The molecule has 2 aromatic rings. The van der Waals surface area contributed by atoms with Crippen molar-refractivity contribution in [2.75, 3.05) is 18.5 Å². The van der Waals surface area contributed by atoms with Crippen LogP contribution >= 0.6 is 0 Å². The maximum Gasteiger partial charge on any atom is 0.338 e. The van der Waals surface area contributed by atoms with Gasteiger partial charge >= 0.3 is 5.97 Å². The zero-order chi connectivity index (χ0) is 21.7. The van der Waals surface area contributed by atoms with Crippen LogP contribution in [0.3, 0.4) is 0 Å². The van der Waals surface area contributed by atoms with Crippen molar-refractivity contribution in [3.05, 3.63) is 69.5 Å². The average molecular weight is 415 g/mol. The number of esters is 1. The first kappa shape index (κ1) is 21.2. The lowest BCUT2D eigenvalue weighted by molar-refractivity contribution is -0.384. The van der Waals surface area contributed by atoms with Gasteiger partial charge in [-0.1, -0.05) is 12.1 Å². The molecule has 1 amide bonds. The van der Waals surface area contributed by atoms with Gasteiger partial charge in [0.2, 0.25) is 0 Å².